The fourth-order valence-electron chi connectivity index (χ4n) is 1.86. The van der Waals surface area contributed by atoms with Crippen molar-refractivity contribution in [3.8, 4) is 5.75 Å². The first kappa shape index (κ1) is 17.9. The molecule has 1 aromatic carbocycles. The van der Waals surface area contributed by atoms with E-state index in [4.69, 9.17) is 15.2 Å². The molecule has 8 nitrogen and oxygen atoms in total. The fourth-order valence-corrected chi connectivity index (χ4v) is 1.86. The first-order valence-electron chi connectivity index (χ1n) is 7.49. The van der Waals surface area contributed by atoms with Crippen LogP contribution in [0.5, 0.6) is 5.75 Å². The summed E-state index contributed by atoms with van der Waals surface area (Å²) in [6, 6.07) is 7.30. The van der Waals surface area contributed by atoms with Crippen LogP contribution in [-0.2, 0) is 16.1 Å². The molecule has 0 aliphatic heterocycles. The molecule has 2 rings (SSSR count). The average Bonchev–Trinajstić information content (AvgIpc) is 2.60. The van der Waals surface area contributed by atoms with Crippen LogP contribution in [0, 0.1) is 0 Å². The van der Waals surface area contributed by atoms with E-state index in [0.29, 0.717) is 11.4 Å². The number of nitrogens with two attached hydrogens (primary N) is 1. The highest BCUT2D eigenvalue weighted by Crippen LogP contribution is 2.25. The van der Waals surface area contributed by atoms with Gasteiger partial charge in [-0.25, -0.2) is 4.79 Å². The number of nitrogens with zero attached hydrogens (tertiary/aromatic N) is 3. The van der Waals surface area contributed by atoms with Gasteiger partial charge in [-0.1, -0.05) is 30.4 Å². The minimum absolute atomic E-state index is 0.0166. The van der Waals surface area contributed by atoms with Crippen LogP contribution in [0.3, 0.4) is 0 Å². The lowest BCUT2D eigenvalue weighted by Crippen LogP contribution is -2.10. The number of hydrogen-bond donors (Lipinski definition) is 2. The molecule has 0 saturated carbocycles. The summed E-state index contributed by atoms with van der Waals surface area (Å²) in [4.78, 5) is 23.7. The highest BCUT2D eigenvalue weighted by molar-refractivity contribution is 5.82. The SMILES string of the molecule is C/C=C/C=C/C(=O)OCc1nc(N)nc(Nc2ccccc2OC)n1. The molecule has 1 heterocycles. The Labute approximate surface area is 145 Å². The van der Waals surface area contributed by atoms with Crippen molar-refractivity contribution in [3.05, 3.63) is 54.4 Å². The predicted octanol–water partition coefficient (Wildman–Crippen LogP) is 2.38. The molecule has 0 aliphatic carbocycles. The molecule has 0 amide bonds. The molecule has 8 heteroatoms. The second-order valence-electron chi connectivity index (χ2n) is 4.75. The minimum Gasteiger partial charge on any atom is -0.495 e. The maximum atomic E-state index is 11.6. The van der Waals surface area contributed by atoms with Crippen molar-refractivity contribution < 1.29 is 14.3 Å². The van der Waals surface area contributed by atoms with E-state index < -0.39 is 5.97 Å². The standard InChI is InChI=1S/C17H19N5O3/c1-3-4-5-10-15(23)25-11-14-20-16(18)22-17(21-14)19-12-8-6-7-9-13(12)24-2/h3-10H,11H2,1-2H3,(H3,18,19,20,21,22)/b4-3+,10-5+. The lowest BCUT2D eigenvalue weighted by Gasteiger charge is -2.10. The van der Waals surface area contributed by atoms with Crippen molar-refractivity contribution in [1.29, 1.82) is 0 Å². The summed E-state index contributed by atoms with van der Waals surface area (Å²) in [7, 11) is 1.56. The number of benzene rings is 1. The van der Waals surface area contributed by atoms with Crippen LogP contribution in [0.1, 0.15) is 12.7 Å². The molecule has 0 fully saturated rings. The number of hydrogen-bond acceptors (Lipinski definition) is 8. The van der Waals surface area contributed by atoms with Gasteiger partial charge in [0.2, 0.25) is 11.9 Å². The van der Waals surface area contributed by atoms with Crippen LogP contribution in [0.2, 0.25) is 0 Å². The van der Waals surface area contributed by atoms with Crippen LogP contribution in [-0.4, -0.2) is 28.0 Å². The molecule has 0 atom stereocenters. The quantitative estimate of drug-likeness (QED) is 0.448. The summed E-state index contributed by atoms with van der Waals surface area (Å²) >= 11 is 0. The first-order valence-corrected chi connectivity index (χ1v) is 7.49. The maximum absolute atomic E-state index is 11.6. The van der Waals surface area contributed by atoms with E-state index in [1.54, 1.807) is 31.4 Å². The molecule has 0 radical (unpaired) electrons. The van der Waals surface area contributed by atoms with E-state index >= 15 is 0 Å². The number of allylic oxidation sites excluding steroid dienone is 3. The average molecular weight is 341 g/mol. The van der Waals surface area contributed by atoms with Gasteiger partial charge in [0.1, 0.15) is 5.75 Å². The largest absolute Gasteiger partial charge is 0.495 e. The maximum Gasteiger partial charge on any atom is 0.331 e. The third kappa shape index (κ3) is 5.61. The van der Waals surface area contributed by atoms with Gasteiger partial charge in [0, 0.05) is 6.08 Å². The topological polar surface area (TPSA) is 112 Å². The lowest BCUT2D eigenvalue weighted by atomic mass is 10.3. The van der Waals surface area contributed by atoms with E-state index in [9.17, 15) is 4.79 Å². The van der Waals surface area contributed by atoms with E-state index in [1.807, 2.05) is 25.1 Å². The van der Waals surface area contributed by atoms with E-state index in [1.165, 1.54) is 6.08 Å². The molecular formula is C17H19N5O3. The van der Waals surface area contributed by atoms with Crippen LogP contribution in [0.4, 0.5) is 17.6 Å². The normalized spacial score (nSPS) is 11.0. The summed E-state index contributed by atoms with van der Waals surface area (Å²) in [5.74, 6) is 0.605. The number of rotatable bonds is 7. The zero-order chi connectivity index (χ0) is 18.1. The lowest BCUT2D eigenvalue weighted by molar-refractivity contribution is -0.139. The van der Waals surface area contributed by atoms with Crippen molar-refractivity contribution in [3.63, 3.8) is 0 Å². The van der Waals surface area contributed by atoms with Gasteiger partial charge >= 0.3 is 5.97 Å². The highest BCUT2D eigenvalue weighted by Gasteiger charge is 2.09. The molecule has 3 N–H and O–H groups in total. The Morgan fingerprint density at radius 1 is 1.24 bits per heavy atom. The molecule has 1 aromatic heterocycles. The monoisotopic (exact) mass is 341 g/mol. The van der Waals surface area contributed by atoms with E-state index in [-0.39, 0.29) is 24.3 Å². The molecular weight excluding hydrogens is 322 g/mol. The Bertz CT molecular complexity index is 790. The molecule has 2 aromatic rings. The smallest absolute Gasteiger partial charge is 0.331 e. The van der Waals surface area contributed by atoms with Gasteiger partial charge in [0.25, 0.3) is 0 Å². The van der Waals surface area contributed by atoms with Crippen molar-refractivity contribution in [2.24, 2.45) is 0 Å². The van der Waals surface area contributed by atoms with Gasteiger partial charge in [0.05, 0.1) is 12.8 Å². The molecule has 0 spiro atoms. The Kier molecular flexibility index (Phi) is 6.47. The molecule has 0 saturated heterocycles. The Morgan fingerprint density at radius 2 is 2.04 bits per heavy atom. The Balaban J connectivity index is 2.08. The summed E-state index contributed by atoms with van der Waals surface area (Å²) in [5, 5.41) is 3.00. The van der Waals surface area contributed by atoms with Gasteiger partial charge in [-0.15, -0.1) is 0 Å². The van der Waals surface area contributed by atoms with Crippen LogP contribution in [0.25, 0.3) is 0 Å². The zero-order valence-corrected chi connectivity index (χ0v) is 14.0. The number of anilines is 3. The van der Waals surface area contributed by atoms with Gasteiger partial charge in [-0.2, -0.15) is 15.0 Å². The van der Waals surface area contributed by atoms with Crippen LogP contribution in [0.15, 0.2) is 48.6 Å². The van der Waals surface area contributed by atoms with Gasteiger partial charge in [-0.05, 0) is 19.1 Å². The number of esters is 1. The second-order valence-corrected chi connectivity index (χ2v) is 4.75. The fraction of sp³-hybridized carbons (Fsp3) is 0.176. The number of nitrogen functional groups attached to an aromatic ring is 1. The molecule has 25 heavy (non-hydrogen) atoms. The minimum atomic E-state index is -0.503. The molecule has 130 valence electrons. The van der Waals surface area contributed by atoms with Gasteiger partial charge < -0.3 is 20.5 Å². The molecule has 0 unspecified atom stereocenters. The zero-order valence-electron chi connectivity index (χ0n) is 14.0. The number of methoxy groups -OCH3 is 1. The summed E-state index contributed by atoms with van der Waals surface area (Å²) in [6.45, 7) is 1.73. The van der Waals surface area contributed by atoms with Crippen molar-refractivity contribution in [1.82, 2.24) is 15.0 Å². The predicted molar refractivity (Wildman–Crippen MR) is 94.3 cm³/mol. The first-order chi connectivity index (χ1) is 12.1. The third-order valence-corrected chi connectivity index (χ3v) is 2.93. The number of para-hydroxylation sites is 2. The molecule has 0 bridgehead atoms. The second kappa shape index (κ2) is 9.02. The van der Waals surface area contributed by atoms with E-state index in [0.717, 1.165) is 0 Å². The van der Waals surface area contributed by atoms with Crippen molar-refractivity contribution in [2.45, 2.75) is 13.5 Å². The van der Waals surface area contributed by atoms with Crippen molar-refractivity contribution in [2.75, 3.05) is 18.2 Å². The number of nitrogens with one attached hydrogen (secondary N) is 1. The highest BCUT2D eigenvalue weighted by atomic mass is 16.5. The summed E-state index contributed by atoms with van der Waals surface area (Å²) in [5.41, 5.74) is 6.37. The van der Waals surface area contributed by atoms with E-state index in [2.05, 4.69) is 20.3 Å². The Hall–Kier alpha value is -3.42. The number of ether oxygens (including phenoxy) is 2. The summed E-state index contributed by atoms with van der Waals surface area (Å²) < 4.78 is 10.3. The number of carbonyl (C=O) groups is 1. The number of carbonyl (C=O) groups excluding carboxylic acids is 1. The van der Waals surface area contributed by atoms with Crippen molar-refractivity contribution >= 4 is 23.6 Å². The van der Waals surface area contributed by atoms with Gasteiger partial charge in [0.15, 0.2) is 12.4 Å². The van der Waals surface area contributed by atoms with Gasteiger partial charge in [-0.3, -0.25) is 0 Å². The van der Waals surface area contributed by atoms with Crippen LogP contribution < -0.4 is 15.8 Å². The third-order valence-electron chi connectivity index (χ3n) is 2.93. The Morgan fingerprint density at radius 3 is 2.80 bits per heavy atom. The molecule has 0 aliphatic rings. The number of aromatic nitrogens is 3. The summed E-state index contributed by atoms with van der Waals surface area (Å²) in [6.07, 6.45) is 6.40. The van der Waals surface area contributed by atoms with Crippen LogP contribution >= 0.6 is 0 Å².